The summed E-state index contributed by atoms with van der Waals surface area (Å²) in [4.78, 5) is 0. The van der Waals surface area contributed by atoms with Gasteiger partial charge in [-0.25, -0.2) is 0 Å². The lowest BCUT2D eigenvalue weighted by Crippen LogP contribution is -1.89. The molecular weight excluding hydrogens is 367 g/mol. The lowest BCUT2D eigenvalue weighted by molar-refractivity contribution is 0.340. The number of rotatable bonds is 6. The predicted octanol–water partition coefficient (Wildman–Crippen LogP) is 6.31. The van der Waals surface area contributed by atoms with Gasteiger partial charge in [-0.2, -0.15) is 9.90 Å². The van der Waals surface area contributed by atoms with Crippen LogP contribution in [0.3, 0.4) is 0 Å². The van der Waals surface area contributed by atoms with Crippen LogP contribution >= 0.6 is 9.90 Å². The van der Waals surface area contributed by atoms with Crippen molar-refractivity contribution >= 4 is 9.90 Å². The minimum absolute atomic E-state index is 0. The van der Waals surface area contributed by atoms with Crippen molar-refractivity contribution in [3.8, 4) is 17.2 Å². The van der Waals surface area contributed by atoms with Crippen molar-refractivity contribution in [2.75, 3.05) is 19.8 Å². The van der Waals surface area contributed by atoms with Crippen LogP contribution in [0.4, 0.5) is 0 Å². The minimum Gasteiger partial charge on any atom is -0.494 e. The maximum Gasteiger partial charge on any atom is 0.119 e. The topological polar surface area (TPSA) is 27.7 Å². The SMILES string of the molecule is CCOc1ccccc1.CCOc1ccccc1.CCOc1ccccc1.P. The van der Waals surface area contributed by atoms with E-state index in [0.717, 1.165) is 37.1 Å². The van der Waals surface area contributed by atoms with Gasteiger partial charge < -0.3 is 14.2 Å². The van der Waals surface area contributed by atoms with Gasteiger partial charge in [0.05, 0.1) is 19.8 Å². The standard InChI is InChI=1S/3C8H10O.H3P/c3*1-2-9-8-6-4-3-5-7-8;/h3*3-7H,2H2,1H3;1H3. The maximum atomic E-state index is 5.21. The molecule has 1 atom stereocenters. The number of hydrogen-bond donors (Lipinski definition) is 0. The molecule has 1 unspecified atom stereocenters. The second-order valence-corrected chi connectivity index (χ2v) is 5.24. The van der Waals surface area contributed by atoms with E-state index in [1.165, 1.54) is 0 Å². The molecule has 0 radical (unpaired) electrons. The summed E-state index contributed by atoms with van der Waals surface area (Å²) in [6.45, 7) is 8.16. The molecule has 28 heavy (non-hydrogen) atoms. The van der Waals surface area contributed by atoms with Crippen LogP contribution in [0.5, 0.6) is 17.2 Å². The Hall–Kier alpha value is -2.51. The summed E-state index contributed by atoms with van der Waals surface area (Å²) in [6, 6.07) is 29.4. The van der Waals surface area contributed by atoms with Gasteiger partial charge in [0.2, 0.25) is 0 Å². The van der Waals surface area contributed by atoms with Crippen LogP contribution in [0, 0.1) is 0 Å². The molecule has 0 saturated heterocycles. The molecule has 0 aromatic heterocycles. The third kappa shape index (κ3) is 12.8. The van der Waals surface area contributed by atoms with E-state index in [1.54, 1.807) is 0 Å². The van der Waals surface area contributed by atoms with Crippen molar-refractivity contribution in [2.24, 2.45) is 0 Å². The number of benzene rings is 3. The Morgan fingerprint density at radius 1 is 0.429 bits per heavy atom. The van der Waals surface area contributed by atoms with E-state index in [2.05, 4.69) is 0 Å². The molecule has 0 heterocycles. The summed E-state index contributed by atoms with van der Waals surface area (Å²) < 4.78 is 15.6. The van der Waals surface area contributed by atoms with Crippen molar-refractivity contribution in [1.82, 2.24) is 0 Å². The zero-order valence-corrected chi connectivity index (χ0v) is 18.6. The first-order chi connectivity index (χ1) is 13.3. The van der Waals surface area contributed by atoms with Gasteiger partial charge in [-0.15, -0.1) is 0 Å². The lowest BCUT2D eigenvalue weighted by atomic mass is 10.3. The smallest absolute Gasteiger partial charge is 0.119 e. The van der Waals surface area contributed by atoms with Crippen molar-refractivity contribution in [1.29, 1.82) is 0 Å². The molecule has 3 aromatic rings. The molecule has 0 N–H and O–H groups in total. The molecule has 4 heteroatoms. The molecule has 3 aromatic carbocycles. The number of para-hydroxylation sites is 3. The fraction of sp³-hybridized carbons (Fsp3) is 0.250. The summed E-state index contributed by atoms with van der Waals surface area (Å²) in [6.07, 6.45) is 0. The van der Waals surface area contributed by atoms with Crippen molar-refractivity contribution in [3.05, 3.63) is 91.0 Å². The van der Waals surface area contributed by atoms with Crippen molar-refractivity contribution in [3.63, 3.8) is 0 Å². The second-order valence-electron chi connectivity index (χ2n) is 5.24. The Balaban J connectivity index is 0.000000384. The third-order valence-corrected chi connectivity index (χ3v) is 3.16. The van der Waals surface area contributed by atoms with Crippen molar-refractivity contribution < 1.29 is 14.2 Å². The summed E-state index contributed by atoms with van der Waals surface area (Å²) >= 11 is 0. The average Bonchev–Trinajstić information content (AvgIpc) is 2.72. The Morgan fingerprint density at radius 2 is 0.643 bits per heavy atom. The Morgan fingerprint density at radius 3 is 0.821 bits per heavy atom. The highest BCUT2D eigenvalue weighted by Crippen LogP contribution is 2.08. The van der Waals surface area contributed by atoms with Crippen LogP contribution in [0.2, 0.25) is 0 Å². The molecule has 0 aliphatic carbocycles. The summed E-state index contributed by atoms with van der Waals surface area (Å²) in [7, 11) is 0. The maximum absolute atomic E-state index is 5.21. The Labute approximate surface area is 173 Å². The van der Waals surface area contributed by atoms with E-state index in [-0.39, 0.29) is 9.90 Å². The van der Waals surface area contributed by atoms with Crippen LogP contribution in [0.15, 0.2) is 91.0 Å². The molecule has 3 nitrogen and oxygen atoms in total. The highest BCUT2D eigenvalue weighted by Gasteiger charge is 1.85. The molecular formula is C24H33O3P. The van der Waals surface area contributed by atoms with Gasteiger partial charge in [0.1, 0.15) is 17.2 Å². The van der Waals surface area contributed by atoms with Gasteiger partial charge in [-0.05, 0) is 57.2 Å². The zero-order valence-electron chi connectivity index (χ0n) is 17.2. The summed E-state index contributed by atoms with van der Waals surface area (Å²) in [5.74, 6) is 2.83. The Kier molecular flexibility index (Phi) is 16.3. The first-order valence-electron chi connectivity index (χ1n) is 9.33. The highest BCUT2D eigenvalue weighted by atomic mass is 31.0. The predicted molar refractivity (Wildman–Crippen MR) is 124 cm³/mol. The van der Waals surface area contributed by atoms with E-state index in [0.29, 0.717) is 0 Å². The molecule has 0 aliphatic heterocycles. The van der Waals surface area contributed by atoms with Crippen molar-refractivity contribution in [2.45, 2.75) is 20.8 Å². The molecule has 0 bridgehead atoms. The van der Waals surface area contributed by atoms with Crippen LogP contribution in [0.1, 0.15) is 20.8 Å². The average molecular weight is 400 g/mol. The van der Waals surface area contributed by atoms with E-state index in [4.69, 9.17) is 14.2 Å². The van der Waals surface area contributed by atoms with Gasteiger partial charge in [-0.3, -0.25) is 0 Å². The van der Waals surface area contributed by atoms with E-state index >= 15 is 0 Å². The molecule has 0 amide bonds. The van der Waals surface area contributed by atoms with E-state index in [9.17, 15) is 0 Å². The number of ether oxygens (including phenoxy) is 3. The third-order valence-electron chi connectivity index (χ3n) is 3.16. The largest absolute Gasteiger partial charge is 0.494 e. The lowest BCUT2D eigenvalue weighted by Gasteiger charge is -1.99. The Bertz CT molecular complexity index is 577. The van der Waals surface area contributed by atoms with Gasteiger partial charge in [0, 0.05) is 0 Å². The molecule has 152 valence electrons. The molecule has 0 fully saturated rings. The normalized spacial score (nSPS) is 8.68. The second kappa shape index (κ2) is 17.9. The van der Waals surface area contributed by atoms with E-state index in [1.807, 2.05) is 112 Å². The molecule has 0 aliphatic rings. The van der Waals surface area contributed by atoms with Gasteiger partial charge in [0.15, 0.2) is 0 Å². The van der Waals surface area contributed by atoms with Crippen LogP contribution in [-0.2, 0) is 0 Å². The first-order valence-corrected chi connectivity index (χ1v) is 9.33. The molecule has 0 spiro atoms. The fourth-order valence-electron chi connectivity index (χ4n) is 2.05. The quantitative estimate of drug-likeness (QED) is 0.454. The monoisotopic (exact) mass is 400 g/mol. The molecule has 3 rings (SSSR count). The summed E-state index contributed by atoms with van der Waals surface area (Å²) in [5, 5.41) is 0. The van der Waals surface area contributed by atoms with Crippen LogP contribution < -0.4 is 14.2 Å². The van der Waals surface area contributed by atoms with Gasteiger partial charge in [-0.1, -0.05) is 54.6 Å². The summed E-state index contributed by atoms with van der Waals surface area (Å²) in [5.41, 5.74) is 0. The van der Waals surface area contributed by atoms with Crippen LogP contribution in [0.25, 0.3) is 0 Å². The van der Waals surface area contributed by atoms with Gasteiger partial charge >= 0.3 is 0 Å². The van der Waals surface area contributed by atoms with Gasteiger partial charge in [0.25, 0.3) is 0 Å². The number of hydrogen-bond acceptors (Lipinski definition) is 3. The van der Waals surface area contributed by atoms with E-state index < -0.39 is 0 Å². The molecule has 0 saturated carbocycles. The first kappa shape index (κ1) is 25.5. The minimum atomic E-state index is 0. The van der Waals surface area contributed by atoms with Crippen LogP contribution in [-0.4, -0.2) is 19.8 Å². The zero-order chi connectivity index (χ0) is 19.6. The highest BCUT2D eigenvalue weighted by molar-refractivity contribution is 6.92. The fourth-order valence-corrected chi connectivity index (χ4v) is 2.05.